The molecule has 0 heterocycles. The van der Waals surface area contributed by atoms with Crippen LogP contribution in [0.4, 0.5) is 0 Å². The maximum atomic E-state index is 10.7. The predicted molar refractivity (Wildman–Crippen MR) is 53.2 cm³/mol. The molecule has 1 radical (unpaired) electrons. The molecular formula is C11H19O2. The van der Waals surface area contributed by atoms with E-state index in [0.717, 1.165) is 32.0 Å². The van der Waals surface area contributed by atoms with Gasteiger partial charge in [-0.1, -0.05) is 33.1 Å². The molecule has 2 nitrogen and oxygen atoms in total. The lowest BCUT2D eigenvalue weighted by molar-refractivity contribution is -0.112. The maximum Gasteiger partial charge on any atom is 0.199 e. The van der Waals surface area contributed by atoms with E-state index in [1.165, 1.54) is 0 Å². The summed E-state index contributed by atoms with van der Waals surface area (Å²) in [7, 11) is 0. The molecule has 0 rings (SSSR count). The third kappa shape index (κ3) is 4.81. The maximum absolute atomic E-state index is 10.7. The Balaban J connectivity index is 3.99. The Morgan fingerprint density at radius 3 is 2.46 bits per heavy atom. The van der Waals surface area contributed by atoms with Crippen molar-refractivity contribution < 1.29 is 9.59 Å². The molecule has 0 aliphatic rings. The molecule has 0 bridgehead atoms. The highest BCUT2D eigenvalue weighted by Crippen LogP contribution is 2.22. The van der Waals surface area contributed by atoms with Crippen LogP contribution in [0, 0.1) is 11.8 Å². The zero-order chi connectivity index (χ0) is 10.1. The van der Waals surface area contributed by atoms with Crippen molar-refractivity contribution >= 4 is 12.6 Å². The number of aldehydes is 1. The molecule has 0 amide bonds. The van der Waals surface area contributed by atoms with Gasteiger partial charge in [-0.15, -0.1) is 0 Å². The van der Waals surface area contributed by atoms with Gasteiger partial charge in [0.1, 0.15) is 6.29 Å². The molecule has 2 atom stereocenters. The quantitative estimate of drug-likeness (QED) is 0.542. The van der Waals surface area contributed by atoms with Gasteiger partial charge in [-0.2, -0.15) is 0 Å². The highest BCUT2D eigenvalue weighted by atomic mass is 16.1. The Bertz CT molecular complexity index is 143. The molecule has 0 fully saturated rings. The summed E-state index contributed by atoms with van der Waals surface area (Å²) in [6.45, 7) is 4.20. The van der Waals surface area contributed by atoms with Crippen molar-refractivity contribution in [1.29, 1.82) is 0 Å². The molecule has 0 saturated heterocycles. The van der Waals surface area contributed by atoms with Gasteiger partial charge < -0.3 is 4.79 Å². The second-order valence-electron chi connectivity index (χ2n) is 3.46. The average Bonchev–Trinajstić information content (AvgIpc) is 2.17. The fourth-order valence-electron chi connectivity index (χ4n) is 1.61. The van der Waals surface area contributed by atoms with Gasteiger partial charge in [-0.25, -0.2) is 0 Å². The van der Waals surface area contributed by atoms with Gasteiger partial charge in [0.2, 0.25) is 0 Å². The molecule has 0 aromatic carbocycles. The van der Waals surface area contributed by atoms with E-state index < -0.39 is 0 Å². The van der Waals surface area contributed by atoms with Crippen LogP contribution in [0.5, 0.6) is 0 Å². The largest absolute Gasteiger partial charge is 0.303 e. The lowest BCUT2D eigenvalue weighted by Gasteiger charge is -2.18. The van der Waals surface area contributed by atoms with Crippen molar-refractivity contribution in [1.82, 2.24) is 0 Å². The van der Waals surface area contributed by atoms with Crippen LogP contribution < -0.4 is 0 Å². The molecule has 13 heavy (non-hydrogen) atoms. The van der Waals surface area contributed by atoms with E-state index in [4.69, 9.17) is 0 Å². The second kappa shape index (κ2) is 7.96. The third-order valence-corrected chi connectivity index (χ3v) is 2.55. The van der Waals surface area contributed by atoms with Gasteiger partial charge >= 0.3 is 0 Å². The number of carbonyl (C=O) groups is 1. The Morgan fingerprint density at radius 2 is 2.08 bits per heavy atom. The molecule has 0 aromatic rings. The number of unbranched alkanes of at least 4 members (excludes halogenated alkanes) is 1. The van der Waals surface area contributed by atoms with Gasteiger partial charge in [0.05, 0.1) is 0 Å². The molecule has 0 saturated carbocycles. The van der Waals surface area contributed by atoms with Crippen molar-refractivity contribution in [2.75, 3.05) is 0 Å². The Kier molecular flexibility index (Phi) is 7.56. The van der Waals surface area contributed by atoms with Crippen LogP contribution in [-0.2, 0) is 9.59 Å². The fourth-order valence-corrected chi connectivity index (χ4v) is 1.61. The van der Waals surface area contributed by atoms with E-state index >= 15 is 0 Å². The monoisotopic (exact) mass is 183 g/mol. The van der Waals surface area contributed by atoms with E-state index in [-0.39, 0.29) is 12.3 Å². The highest BCUT2D eigenvalue weighted by Gasteiger charge is 2.18. The van der Waals surface area contributed by atoms with Crippen LogP contribution in [0.25, 0.3) is 0 Å². The van der Waals surface area contributed by atoms with Gasteiger partial charge in [-0.3, -0.25) is 4.79 Å². The van der Waals surface area contributed by atoms with Crippen molar-refractivity contribution in [3.8, 4) is 0 Å². The molecule has 2 unspecified atom stereocenters. The lowest BCUT2D eigenvalue weighted by atomic mass is 9.85. The minimum absolute atomic E-state index is 0.103. The summed E-state index contributed by atoms with van der Waals surface area (Å²) in [5, 5.41) is 0. The van der Waals surface area contributed by atoms with Crippen LogP contribution in [0.3, 0.4) is 0 Å². The zero-order valence-corrected chi connectivity index (χ0v) is 8.58. The molecule has 0 aliphatic carbocycles. The normalized spacial score (nSPS) is 14.9. The van der Waals surface area contributed by atoms with E-state index in [0.29, 0.717) is 5.92 Å². The van der Waals surface area contributed by atoms with Crippen molar-refractivity contribution in [3.05, 3.63) is 0 Å². The minimum atomic E-state index is -0.103. The molecule has 0 N–H and O–H groups in total. The van der Waals surface area contributed by atoms with E-state index in [9.17, 15) is 9.59 Å². The van der Waals surface area contributed by atoms with Gasteiger partial charge in [-0.05, 0) is 12.3 Å². The first-order valence-corrected chi connectivity index (χ1v) is 5.10. The summed E-state index contributed by atoms with van der Waals surface area (Å²) in [6, 6.07) is 0. The van der Waals surface area contributed by atoms with Gasteiger partial charge in [0.15, 0.2) is 6.29 Å². The Hall–Kier alpha value is -0.660. The number of hydrogen-bond donors (Lipinski definition) is 0. The molecule has 2 heteroatoms. The van der Waals surface area contributed by atoms with E-state index in [2.05, 4.69) is 13.8 Å². The van der Waals surface area contributed by atoms with E-state index in [1.807, 2.05) is 6.29 Å². The predicted octanol–water partition coefficient (Wildman–Crippen LogP) is 2.52. The zero-order valence-electron chi connectivity index (χ0n) is 8.58. The molecule has 0 spiro atoms. The fraction of sp³-hybridized carbons (Fsp3) is 0.818. The molecule has 0 aliphatic heterocycles. The molecule has 75 valence electrons. The van der Waals surface area contributed by atoms with Crippen LogP contribution in [0.2, 0.25) is 0 Å². The lowest BCUT2D eigenvalue weighted by Crippen LogP contribution is -2.16. The van der Waals surface area contributed by atoms with Crippen LogP contribution >= 0.6 is 0 Å². The molecule has 0 aromatic heterocycles. The van der Waals surface area contributed by atoms with E-state index in [1.54, 1.807) is 0 Å². The minimum Gasteiger partial charge on any atom is -0.303 e. The summed E-state index contributed by atoms with van der Waals surface area (Å²) >= 11 is 0. The van der Waals surface area contributed by atoms with Crippen molar-refractivity contribution in [3.63, 3.8) is 0 Å². The number of hydrogen-bond acceptors (Lipinski definition) is 2. The first kappa shape index (κ1) is 12.3. The average molecular weight is 183 g/mol. The smallest absolute Gasteiger partial charge is 0.199 e. The standard InChI is InChI=1S/C11H19O2/c1-3-5-6-10(4-2)11(9-13)7-8-12/h9-11H,3-7H2,1-2H3. The summed E-state index contributed by atoms with van der Waals surface area (Å²) < 4.78 is 0. The number of rotatable bonds is 8. The highest BCUT2D eigenvalue weighted by molar-refractivity contribution is 5.62. The Labute approximate surface area is 80.7 Å². The van der Waals surface area contributed by atoms with Crippen LogP contribution in [0.15, 0.2) is 0 Å². The van der Waals surface area contributed by atoms with Crippen LogP contribution in [-0.4, -0.2) is 12.6 Å². The topological polar surface area (TPSA) is 34.1 Å². The van der Waals surface area contributed by atoms with Crippen LogP contribution in [0.1, 0.15) is 46.0 Å². The van der Waals surface area contributed by atoms with Crippen molar-refractivity contribution in [2.45, 2.75) is 46.0 Å². The van der Waals surface area contributed by atoms with Gasteiger partial charge in [0.25, 0.3) is 0 Å². The first-order valence-electron chi connectivity index (χ1n) is 5.10. The summed E-state index contributed by atoms with van der Waals surface area (Å²) in [5.41, 5.74) is 0. The van der Waals surface area contributed by atoms with Crippen molar-refractivity contribution in [2.24, 2.45) is 11.8 Å². The Morgan fingerprint density at radius 1 is 1.38 bits per heavy atom. The summed E-state index contributed by atoms with van der Waals surface area (Å²) in [6.07, 6.45) is 7.33. The second-order valence-corrected chi connectivity index (χ2v) is 3.46. The third-order valence-electron chi connectivity index (χ3n) is 2.55. The SMILES string of the molecule is CCCCC(CC)C(C=O)C[C]=O. The summed E-state index contributed by atoms with van der Waals surface area (Å²) in [5.74, 6) is 0.271. The first-order chi connectivity index (χ1) is 6.29. The summed E-state index contributed by atoms with van der Waals surface area (Å²) in [4.78, 5) is 20.9. The number of carbonyl (C=O) groups excluding carboxylic acids is 2. The van der Waals surface area contributed by atoms with Gasteiger partial charge in [0, 0.05) is 12.3 Å². The molecular weight excluding hydrogens is 164 g/mol.